The summed E-state index contributed by atoms with van der Waals surface area (Å²) >= 11 is 1.25. The first-order valence-corrected chi connectivity index (χ1v) is 12.7. The Morgan fingerprint density at radius 1 is 1.16 bits per heavy atom. The fourth-order valence-corrected chi connectivity index (χ4v) is 6.26. The molecule has 2 aliphatic heterocycles. The van der Waals surface area contributed by atoms with Crippen molar-refractivity contribution >= 4 is 27.0 Å². The van der Waals surface area contributed by atoms with Gasteiger partial charge in [0.1, 0.15) is 4.21 Å². The third-order valence-corrected chi connectivity index (χ3v) is 8.98. The lowest BCUT2D eigenvalue weighted by Crippen LogP contribution is -2.48. The minimum absolute atomic E-state index is 0.143. The highest BCUT2D eigenvalue weighted by atomic mass is 32.2. The zero-order valence-electron chi connectivity index (χ0n) is 18.1. The van der Waals surface area contributed by atoms with Gasteiger partial charge in [0, 0.05) is 31.7 Å². The Hall–Kier alpha value is -1.89. The van der Waals surface area contributed by atoms with Gasteiger partial charge in [-0.05, 0) is 49.9 Å². The molecule has 2 aromatic rings. The zero-order chi connectivity index (χ0) is 22.3. The molecule has 3 heterocycles. The number of ether oxygens (including phenoxy) is 1. The predicted octanol–water partition coefficient (Wildman–Crippen LogP) is 2.87. The minimum Gasteiger partial charge on any atom is -0.386 e. The minimum atomic E-state index is -3.44. The van der Waals surface area contributed by atoms with E-state index in [4.69, 9.17) is 4.74 Å². The van der Waals surface area contributed by atoms with E-state index in [0.717, 1.165) is 16.8 Å². The van der Waals surface area contributed by atoms with Crippen molar-refractivity contribution < 1.29 is 18.3 Å². The summed E-state index contributed by atoms with van der Waals surface area (Å²) in [4.78, 5) is 2.18. The van der Waals surface area contributed by atoms with Crippen LogP contribution in [0, 0.1) is 17.3 Å². The fraction of sp³-hybridized carbons (Fsp3) is 0.478. The van der Waals surface area contributed by atoms with Crippen LogP contribution in [0.2, 0.25) is 0 Å². The summed E-state index contributed by atoms with van der Waals surface area (Å²) in [5, 5.41) is 12.2. The van der Waals surface area contributed by atoms with E-state index < -0.39 is 15.6 Å². The smallest absolute Gasteiger partial charge is 0.252 e. The average Bonchev–Trinajstić information content (AvgIpc) is 3.26. The van der Waals surface area contributed by atoms with Crippen LogP contribution >= 0.6 is 11.3 Å². The van der Waals surface area contributed by atoms with Gasteiger partial charge in [0.05, 0.1) is 29.9 Å². The lowest BCUT2D eigenvalue weighted by Gasteiger charge is -2.36. The fourth-order valence-electron chi connectivity index (χ4n) is 3.70. The second-order valence-corrected chi connectivity index (χ2v) is 12.0. The highest BCUT2D eigenvalue weighted by molar-refractivity contribution is 7.91. The molecule has 0 unspecified atom stereocenters. The lowest BCUT2D eigenvalue weighted by molar-refractivity contribution is -0.0648. The van der Waals surface area contributed by atoms with Gasteiger partial charge in [-0.25, -0.2) is 8.42 Å². The van der Waals surface area contributed by atoms with E-state index in [0.29, 0.717) is 43.6 Å². The Kier molecular flexibility index (Phi) is 5.92. The van der Waals surface area contributed by atoms with Crippen LogP contribution in [0.15, 0.2) is 39.9 Å². The molecule has 1 aromatic heterocycles. The summed E-state index contributed by atoms with van der Waals surface area (Å²) in [6.07, 6.45) is 0. The van der Waals surface area contributed by atoms with Crippen molar-refractivity contribution in [1.29, 1.82) is 0 Å². The number of hydrogen-bond donors (Lipinski definition) is 1. The highest BCUT2D eigenvalue weighted by Gasteiger charge is 2.32. The van der Waals surface area contributed by atoms with Crippen molar-refractivity contribution in [2.45, 2.75) is 30.6 Å². The third-order valence-electron chi connectivity index (χ3n) is 5.71. The molecular weight excluding hydrogens is 432 g/mol. The summed E-state index contributed by atoms with van der Waals surface area (Å²) in [5.74, 6) is 6.65. The van der Waals surface area contributed by atoms with Crippen molar-refractivity contribution in [2.24, 2.45) is 5.41 Å². The molecule has 4 rings (SSSR count). The van der Waals surface area contributed by atoms with Gasteiger partial charge in [-0.1, -0.05) is 24.0 Å². The number of anilines is 1. The number of aliphatic hydroxyl groups is 1. The van der Waals surface area contributed by atoms with E-state index in [1.54, 1.807) is 35.7 Å². The van der Waals surface area contributed by atoms with Crippen molar-refractivity contribution in [1.82, 2.24) is 4.31 Å². The van der Waals surface area contributed by atoms with Crippen molar-refractivity contribution in [3.8, 4) is 11.8 Å². The van der Waals surface area contributed by atoms with E-state index in [2.05, 4.69) is 23.7 Å². The molecule has 166 valence electrons. The topological polar surface area (TPSA) is 70.1 Å². The maximum absolute atomic E-state index is 12.8. The molecule has 8 heteroatoms. The molecule has 0 bridgehead atoms. The molecule has 0 aliphatic carbocycles. The normalized spacial score (nSPS) is 19.4. The Labute approximate surface area is 188 Å². The predicted molar refractivity (Wildman–Crippen MR) is 123 cm³/mol. The monoisotopic (exact) mass is 460 g/mol. The van der Waals surface area contributed by atoms with Crippen LogP contribution in [0.5, 0.6) is 0 Å². The van der Waals surface area contributed by atoms with Crippen LogP contribution in [0.25, 0.3) is 0 Å². The molecule has 6 nitrogen and oxygen atoms in total. The Morgan fingerprint density at radius 3 is 2.42 bits per heavy atom. The Morgan fingerprint density at radius 2 is 1.87 bits per heavy atom. The van der Waals surface area contributed by atoms with E-state index >= 15 is 0 Å². The maximum atomic E-state index is 12.8. The molecule has 0 spiro atoms. The van der Waals surface area contributed by atoms with Crippen LogP contribution in [0.4, 0.5) is 5.69 Å². The van der Waals surface area contributed by atoms with Crippen LogP contribution in [0.3, 0.4) is 0 Å². The number of hydrogen-bond acceptors (Lipinski definition) is 6. The number of sulfonamides is 1. The van der Waals surface area contributed by atoms with E-state index in [9.17, 15) is 13.5 Å². The van der Waals surface area contributed by atoms with Crippen LogP contribution in [-0.2, 0) is 20.4 Å². The maximum Gasteiger partial charge on any atom is 0.252 e. The van der Waals surface area contributed by atoms with E-state index in [-0.39, 0.29) is 5.41 Å². The van der Waals surface area contributed by atoms with Gasteiger partial charge < -0.3 is 14.7 Å². The first kappa shape index (κ1) is 22.3. The number of nitrogens with zero attached hydrogens (tertiary/aromatic N) is 2. The number of piperazine rings is 1. The SMILES string of the molecule is CC1(C#Cc2cc(C(C)(C)O)ccc2N2CCN(S(=O)(=O)c3cccs3)CC2)COC1. The molecule has 0 atom stereocenters. The van der Waals surface area contributed by atoms with Gasteiger partial charge in [-0.3, -0.25) is 0 Å². The van der Waals surface area contributed by atoms with Crippen molar-refractivity contribution in [3.05, 3.63) is 46.8 Å². The number of benzene rings is 1. The van der Waals surface area contributed by atoms with Gasteiger partial charge in [0.25, 0.3) is 10.0 Å². The van der Waals surface area contributed by atoms with Gasteiger partial charge in [0.15, 0.2) is 0 Å². The first-order valence-electron chi connectivity index (χ1n) is 10.3. The molecule has 1 aromatic carbocycles. The third kappa shape index (κ3) is 4.66. The van der Waals surface area contributed by atoms with Gasteiger partial charge in [-0.2, -0.15) is 4.31 Å². The summed E-state index contributed by atoms with van der Waals surface area (Å²) in [7, 11) is -3.44. The summed E-state index contributed by atoms with van der Waals surface area (Å²) in [5.41, 5.74) is 1.51. The summed E-state index contributed by atoms with van der Waals surface area (Å²) < 4.78 is 32.9. The molecular formula is C23H28N2O4S2. The molecule has 0 saturated carbocycles. The summed E-state index contributed by atoms with van der Waals surface area (Å²) in [6, 6.07) is 9.26. The summed E-state index contributed by atoms with van der Waals surface area (Å²) in [6.45, 7) is 8.86. The van der Waals surface area contributed by atoms with Crippen LogP contribution in [0.1, 0.15) is 31.9 Å². The Balaban J connectivity index is 1.58. The van der Waals surface area contributed by atoms with Crippen molar-refractivity contribution in [2.75, 3.05) is 44.3 Å². The number of thiophene rings is 1. The largest absolute Gasteiger partial charge is 0.386 e. The molecule has 1 N–H and O–H groups in total. The second kappa shape index (κ2) is 8.23. The standard InChI is InChI=1S/C23H28N2O4S2/c1-22(2,26)19-6-7-20(18(15-19)8-9-23(3)16-29-17-23)24-10-12-25(13-11-24)31(27,28)21-5-4-14-30-21/h4-7,14-15,26H,10-13,16-17H2,1-3H3. The average molecular weight is 461 g/mol. The van der Waals surface area contributed by atoms with Crippen LogP contribution < -0.4 is 4.90 Å². The highest BCUT2D eigenvalue weighted by Crippen LogP contribution is 2.31. The quantitative estimate of drug-likeness (QED) is 0.711. The molecule has 2 saturated heterocycles. The second-order valence-electron chi connectivity index (χ2n) is 8.92. The van der Waals surface area contributed by atoms with E-state index in [1.165, 1.54) is 11.3 Å². The van der Waals surface area contributed by atoms with Gasteiger partial charge in [0.2, 0.25) is 0 Å². The van der Waals surface area contributed by atoms with Gasteiger partial charge >= 0.3 is 0 Å². The van der Waals surface area contributed by atoms with Gasteiger partial charge in [-0.15, -0.1) is 11.3 Å². The van der Waals surface area contributed by atoms with Crippen LogP contribution in [-0.4, -0.2) is 57.2 Å². The first-order chi connectivity index (χ1) is 14.6. The molecule has 31 heavy (non-hydrogen) atoms. The Bertz CT molecular complexity index is 1100. The van der Waals surface area contributed by atoms with Crippen molar-refractivity contribution in [3.63, 3.8) is 0 Å². The lowest BCUT2D eigenvalue weighted by atomic mass is 9.89. The molecule has 0 amide bonds. The van der Waals surface area contributed by atoms with E-state index in [1.807, 2.05) is 18.2 Å². The number of rotatable bonds is 4. The zero-order valence-corrected chi connectivity index (χ0v) is 19.7. The molecule has 2 aliphatic rings. The molecule has 0 radical (unpaired) electrons. The molecule has 2 fully saturated rings.